The van der Waals surface area contributed by atoms with Crippen LogP contribution in [0.2, 0.25) is 0 Å². The van der Waals surface area contributed by atoms with Gasteiger partial charge in [-0.1, -0.05) is 31.0 Å². The van der Waals surface area contributed by atoms with E-state index in [1.807, 2.05) is 0 Å². The van der Waals surface area contributed by atoms with Crippen LogP contribution in [-0.2, 0) is 12.0 Å². The summed E-state index contributed by atoms with van der Waals surface area (Å²) in [5, 5.41) is 3.56. The van der Waals surface area contributed by atoms with E-state index >= 15 is 0 Å². The third kappa shape index (κ3) is 1.45. The number of rotatable bonds is 0. The summed E-state index contributed by atoms with van der Waals surface area (Å²) in [6, 6.07) is 7.02. The van der Waals surface area contributed by atoms with Gasteiger partial charge in [0.05, 0.1) is 0 Å². The quantitative estimate of drug-likeness (QED) is 0.752. The number of para-hydroxylation sites is 1. The van der Waals surface area contributed by atoms with Crippen molar-refractivity contribution in [3.63, 3.8) is 0 Å². The van der Waals surface area contributed by atoms with Gasteiger partial charge < -0.3 is 10.2 Å². The van der Waals surface area contributed by atoms with Crippen LogP contribution in [0.15, 0.2) is 18.2 Å². The van der Waals surface area contributed by atoms with Gasteiger partial charge in [0.15, 0.2) is 0 Å². The minimum atomic E-state index is 0.534. The molecule has 2 nitrogen and oxygen atoms in total. The first-order chi connectivity index (χ1) is 8.89. The Morgan fingerprint density at radius 3 is 2.83 bits per heavy atom. The number of nitrogens with one attached hydrogen (secondary N) is 1. The van der Waals surface area contributed by atoms with E-state index in [2.05, 4.69) is 28.4 Å². The first-order valence-electron chi connectivity index (χ1n) is 7.47. The minimum absolute atomic E-state index is 0.534. The summed E-state index contributed by atoms with van der Waals surface area (Å²) < 4.78 is 0. The average Bonchev–Trinajstić information content (AvgIpc) is 2.77. The van der Waals surface area contributed by atoms with Crippen LogP contribution >= 0.6 is 0 Å². The normalized spacial score (nSPS) is 25.0. The molecule has 3 aliphatic rings. The van der Waals surface area contributed by atoms with Crippen LogP contribution in [0.3, 0.4) is 0 Å². The van der Waals surface area contributed by atoms with Crippen molar-refractivity contribution in [3.8, 4) is 0 Å². The lowest BCUT2D eigenvalue weighted by Gasteiger charge is -2.42. The van der Waals surface area contributed by atoms with Crippen LogP contribution in [0, 0.1) is 0 Å². The Labute approximate surface area is 109 Å². The van der Waals surface area contributed by atoms with Gasteiger partial charge in [-0.05, 0) is 35.8 Å². The topological polar surface area (TPSA) is 15.3 Å². The number of fused-ring (bicyclic) bond motifs is 1. The maximum absolute atomic E-state index is 3.56. The molecule has 0 saturated heterocycles. The van der Waals surface area contributed by atoms with Gasteiger partial charge in [-0.25, -0.2) is 0 Å². The van der Waals surface area contributed by atoms with Crippen molar-refractivity contribution in [1.82, 2.24) is 5.32 Å². The molecule has 1 aromatic rings. The highest BCUT2D eigenvalue weighted by molar-refractivity contribution is 5.65. The molecule has 1 spiro atoms. The van der Waals surface area contributed by atoms with Crippen molar-refractivity contribution in [2.45, 2.75) is 44.1 Å². The molecule has 2 aliphatic heterocycles. The highest BCUT2D eigenvalue weighted by atomic mass is 15.2. The minimum Gasteiger partial charge on any atom is -0.370 e. The summed E-state index contributed by atoms with van der Waals surface area (Å²) in [5.41, 5.74) is 5.32. The van der Waals surface area contributed by atoms with Gasteiger partial charge in [0.1, 0.15) is 0 Å². The molecular weight excluding hydrogens is 220 g/mol. The lowest BCUT2D eigenvalue weighted by molar-refractivity contribution is 0.389. The second kappa shape index (κ2) is 3.99. The highest BCUT2D eigenvalue weighted by Crippen LogP contribution is 2.51. The average molecular weight is 242 g/mol. The number of hydrogen-bond acceptors (Lipinski definition) is 2. The SMILES string of the molecule is c1cc2c3c(c1)C1(CCCC1)CCN3CCNC2. The van der Waals surface area contributed by atoms with Gasteiger partial charge in [-0.3, -0.25) is 0 Å². The fraction of sp³-hybridized carbons (Fsp3) is 0.625. The molecule has 18 heavy (non-hydrogen) atoms. The Hall–Kier alpha value is -1.02. The monoisotopic (exact) mass is 242 g/mol. The van der Waals surface area contributed by atoms with E-state index in [-0.39, 0.29) is 0 Å². The zero-order valence-electron chi connectivity index (χ0n) is 11.0. The molecule has 0 aromatic heterocycles. The number of hydrogen-bond donors (Lipinski definition) is 1. The molecule has 0 radical (unpaired) electrons. The third-order valence-electron chi connectivity index (χ3n) is 5.30. The molecular formula is C16H22N2. The molecule has 4 rings (SSSR count). The van der Waals surface area contributed by atoms with E-state index in [9.17, 15) is 0 Å². The summed E-state index contributed by atoms with van der Waals surface area (Å²) in [7, 11) is 0. The Balaban J connectivity index is 1.89. The summed E-state index contributed by atoms with van der Waals surface area (Å²) in [4.78, 5) is 2.63. The van der Waals surface area contributed by atoms with E-state index in [0.29, 0.717) is 5.41 Å². The molecule has 0 bridgehead atoms. The molecule has 0 unspecified atom stereocenters. The smallest absolute Gasteiger partial charge is 0.0450 e. The van der Waals surface area contributed by atoms with Gasteiger partial charge in [0, 0.05) is 31.9 Å². The molecule has 2 heterocycles. The standard InChI is InChI=1S/C16H22N2/c1-2-7-16(6-1)8-10-18-11-9-17-12-13-4-3-5-14(16)15(13)18/h3-5,17H,1-2,6-12H2. The fourth-order valence-electron chi connectivity index (χ4n) is 4.36. The zero-order valence-corrected chi connectivity index (χ0v) is 11.0. The molecule has 0 atom stereocenters. The molecule has 1 aromatic carbocycles. The molecule has 96 valence electrons. The van der Waals surface area contributed by atoms with Gasteiger partial charge in [0.25, 0.3) is 0 Å². The summed E-state index contributed by atoms with van der Waals surface area (Å²) >= 11 is 0. The van der Waals surface area contributed by atoms with Crippen molar-refractivity contribution in [2.24, 2.45) is 0 Å². The summed E-state index contributed by atoms with van der Waals surface area (Å²) in [6.07, 6.45) is 7.09. The number of anilines is 1. The van der Waals surface area contributed by atoms with Crippen LogP contribution in [0.25, 0.3) is 0 Å². The first-order valence-corrected chi connectivity index (χ1v) is 7.47. The van der Waals surface area contributed by atoms with Gasteiger partial charge in [-0.2, -0.15) is 0 Å². The summed E-state index contributed by atoms with van der Waals surface area (Å²) in [5.74, 6) is 0. The van der Waals surface area contributed by atoms with Crippen molar-refractivity contribution < 1.29 is 0 Å². The Morgan fingerprint density at radius 2 is 1.94 bits per heavy atom. The van der Waals surface area contributed by atoms with Crippen molar-refractivity contribution in [3.05, 3.63) is 29.3 Å². The predicted octanol–water partition coefficient (Wildman–Crippen LogP) is 2.81. The summed E-state index contributed by atoms with van der Waals surface area (Å²) in [6.45, 7) is 4.63. The van der Waals surface area contributed by atoms with Crippen molar-refractivity contribution in [1.29, 1.82) is 0 Å². The van der Waals surface area contributed by atoms with Crippen LogP contribution in [-0.4, -0.2) is 19.6 Å². The van der Waals surface area contributed by atoms with Crippen LogP contribution in [0.4, 0.5) is 5.69 Å². The highest BCUT2D eigenvalue weighted by Gasteiger charge is 2.41. The zero-order chi connectivity index (χ0) is 12.0. The van der Waals surface area contributed by atoms with Gasteiger partial charge >= 0.3 is 0 Å². The largest absolute Gasteiger partial charge is 0.370 e. The lowest BCUT2D eigenvalue weighted by Crippen LogP contribution is -2.40. The first kappa shape index (κ1) is 10.9. The number of benzene rings is 1. The van der Waals surface area contributed by atoms with E-state index in [1.54, 1.807) is 11.3 Å². The maximum atomic E-state index is 3.56. The molecule has 1 saturated carbocycles. The second-order valence-electron chi connectivity index (χ2n) is 6.21. The molecule has 1 aliphatic carbocycles. The molecule has 1 N–H and O–H groups in total. The Bertz CT molecular complexity index is 460. The maximum Gasteiger partial charge on any atom is 0.0450 e. The third-order valence-corrected chi connectivity index (χ3v) is 5.30. The van der Waals surface area contributed by atoms with Gasteiger partial charge in [0.2, 0.25) is 0 Å². The van der Waals surface area contributed by atoms with E-state index in [4.69, 9.17) is 0 Å². The van der Waals surface area contributed by atoms with Gasteiger partial charge in [-0.15, -0.1) is 0 Å². The molecule has 0 amide bonds. The van der Waals surface area contributed by atoms with Crippen molar-refractivity contribution in [2.75, 3.05) is 24.5 Å². The Morgan fingerprint density at radius 1 is 1.06 bits per heavy atom. The second-order valence-corrected chi connectivity index (χ2v) is 6.21. The molecule has 2 heteroatoms. The van der Waals surface area contributed by atoms with E-state index < -0.39 is 0 Å². The molecule has 1 fully saturated rings. The van der Waals surface area contributed by atoms with Crippen LogP contribution in [0.5, 0.6) is 0 Å². The van der Waals surface area contributed by atoms with Crippen LogP contribution < -0.4 is 10.2 Å². The number of nitrogens with zero attached hydrogens (tertiary/aromatic N) is 1. The van der Waals surface area contributed by atoms with Crippen molar-refractivity contribution >= 4 is 5.69 Å². The van der Waals surface area contributed by atoms with E-state index in [0.717, 1.165) is 13.1 Å². The van der Waals surface area contributed by atoms with E-state index in [1.165, 1.54) is 50.8 Å². The Kier molecular flexibility index (Phi) is 2.41. The predicted molar refractivity (Wildman–Crippen MR) is 75.1 cm³/mol. The lowest BCUT2D eigenvalue weighted by atomic mass is 9.72. The fourth-order valence-corrected chi connectivity index (χ4v) is 4.36. The van der Waals surface area contributed by atoms with Crippen LogP contribution in [0.1, 0.15) is 43.2 Å².